The second-order valence-corrected chi connectivity index (χ2v) is 9.53. The third kappa shape index (κ3) is 5.22. The molecular formula is C19H23ClN2O4S. The number of rotatable bonds is 6. The Labute approximate surface area is 164 Å². The zero-order valence-electron chi connectivity index (χ0n) is 15.4. The molecule has 0 fully saturated rings. The Kier molecular flexibility index (Phi) is 6.51. The van der Waals surface area contributed by atoms with Gasteiger partial charge in [0.2, 0.25) is 10.0 Å². The van der Waals surface area contributed by atoms with Crippen LogP contribution in [-0.4, -0.2) is 35.7 Å². The van der Waals surface area contributed by atoms with Gasteiger partial charge in [0.25, 0.3) is 0 Å². The fourth-order valence-corrected chi connectivity index (χ4v) is 3.76. The first-order valence-electron chi connectivity index (χ1n) is 8.40. The summed E-state index contributed by atoms with van der Waals surface area (Å²) in [6.07, 6.45) is 0. The number of nitrogens with zero attached hydrogens (tertiary/aromatic N) is 1. The first-order valence-corrected chi connectivity index (χ1v) is 10.3. The van der Waals surface area contributed by atoms with Gasteiger partial charge in [-0.05, 0) is 50.6 Å². The molecule has 1 unspecified atom stereocenters. The molecule has 0 aliphatic carbocycles. The van der Waals surface area contributed by atoms with Gasteiger partial charge in [0.15, 0.2) is 0 Å². The van der Waals surface area contributed by atoms with E-state index in [1.165, 1.54) is 20.8 Å². The van der Waals surface area contributed by atoms with Crippen LogP contribution in [-0.2, 0) is 15.6 Å². The van der Waals surface area contributed by atoms with Gasteiger partial charge in [0.1, 0.15) is 5.60 Å². The Morgan fingerprint density at radius 2 is 1.70 bits per heavy atom. The van der Waals surface area contributed by atoms with Crippen LogP contribution in [0, 0.1) is 0 Å². The number of carbonyl (C=O) groups is 1. The van der Waals surface area contributed by atoms with Gasteiger partial charge in [0.05, 0.1) is 11.8 Å². The molecule has 0 spiro atoms. The average Bonchev–Trinajstić information content (AvgIpc) is 2.62. The summed E-state index contributed by atoms with van der Waals surface area (Å²) >= 11 is 5.83. The van der Waals surface area contributed by atoms with Gasteiger partial charge >= 0.3 is 6.03 Å². The van der Waals surface area contributed by atoms with Crippen molar-refractivity contribution in [2.45, 2.75) is 31.6 Å². The van der Waals surface area contributed by atoms with E-state index in [2.05, 4.69) is 5.32 Å². The fourth-order valence-electron chi connectivity index (χ4n) is 2.42. The Morgan fingerprint density at radius 1 is 1.15 bits per heavy atom. The number of hydrogen-bond acceptors (Lipinski definition) is 4. The van der Waals surface area contributed by atoms with Crippen LogP contribution in [0.1, 0.15) is 26.3 Å². The molecule has 8 heteroatoms. The molecule has 0 saturated carbocycles. The predicted octanol–water partition coefficient (Wildman–Crippen LogP) is 3.82. The van der Waals surface area contributed by atoms with Crippen LogP contribution < -0.4 is 5.32 Å². The summed E-state index contributed by atoms with van der Waals surface area (Å²) in [6, 6.07) is 14.1. The molecule has 0 bridgehead atoms. The van der Waals surface area contributed by atoms with Crippen molar-refractivity contribution in [3.8, 4) is 0 Å². The Bertz CT molecular complexity index is 882. The highest BCUT2D eigenvalue weighted by Gasteiger charge is 2.37. The van der Waals surface area contributed by atoms with Crippen molar-refractivity contribution in [2.24, 2.45) is 0 Å². The first kappa shape index (κ1) is 21.2. The lowest BCUT2D eigenvalue weighted by Crippen LogP contribution is -2.49. The van der Waals surface area contributed by atoms with Crippen LogP contribution in [0.4, 0.5) is 10.5 Å². The molecule has 2 aromatic carbocycles. The normalized spacial score (nSPS) is 13.9. The molecule has 0 saturated heterocycles. The lowest BCUT2D eigenvalue weighted by Gasteiger charge is -2.32. The average molecular weight is 411 g/mol. The smallest absolute Gasteiger partial charge is 0.335 e. The number of urea groups is 1. The van der Waals surface area contributed by atoms with Crippen molar-refractivity contribution < 1.29 is 18.3 Å². The summed E-state index contributed by atoms with van der Waals surface area (Å²) in [7, 11) is -3.97. The number of benzene rings is 2. The van der Waals surface area contributed by atoms with Crippen LogP contribution >= 0.6 is 11.6 Å². The van der Waals surface area contributed by atoms with Crippen LogP contribution in [0.15, 0.2) is 54.6 Å². The lowest BCUT2D eigenvalue weighted by atomic mass is 9.96. The van der Waals surface area contributed by atoms with Crippen LogP contribution in [0.3, 0.4) is 0 Å². The maximum absolute atomic E-state index is 12.8. The summed E-state index contributed by atoms with van der Waals surface area (Å²) in [4.78, 5) is 12.7. The number of nitrogens with one attached hydrogen (secondary N) is 1. The molecule has 2 rings (SSSR count). The number of anilines is 1. The van der Waals surface area contributed by atoms with Crippen LogP contribution in [0.5, 0.6) is 0 Å². The van der Waals surface area contributed by atoms with Gasteiger partial charge in [-0.25, -0.2) is 17.5 Å². The third-order valence-corrected chi connectivity index (χ3v) is 6.42. The first-order chi connectivity index (χ1) is 12.5. The molecule has 0 aliphatic rings. The Morgan fingerprint density at radius 3 is 2.22 bits per heavy atom. The number of aliphatic hydroxyl groups is 1. The van der Waals surface area contributed by atoms with Crippen LogP contribution in [0.2, 0.25) is 5.02 Å². The van der Waals surface area contributed by atoms with Crippen molar-refractivity contribution in [3.05, 3.63) is 65.2 Å². The SMILES string of the molecule is CC(C)S(=O)(=O)N(CC(C)(O)c1ccccc1)C(=O)Nc1ccc(Cl)cc1. The summed E-state index contributed by atoms with van der Waals surface area (Å²) in [5.74, 6) is 0. The number of halogens is 1. The molecule has 0 aromatic heterocycles. The second kappa shape index (κ2) is 8.29. The van der Waals surface area contributed by atoms with E-state index in [1.54, 1.807) is 54.6 Å². The molecule has 2 N–H and O–H groups in total. The molecule has 6 nitrogen and oxygen atoms in total. The molecular weight excluding hydrogens is 388 g/mol. The molecule has 1 atom stereocenters. The van der Waals surface area contributed by atoms with Gasteiger partial charge < -0.3 is 10.4 Å². The number of hydrogen-bond donors (Lipinski definition) is 2. The van der Waals surface area contributed by atoms with E-state index in [9.17, 15) is 18.3 Å². The van der Waals surface area contributed by atoms with Gasteiger partial charge in [-0.3, -0.25) is 0 Å². The fraction of sp³-hybridized carbons (Fsp3) is 0.316. The highest BCUT2D eigenvalue weighted by Crippen LogP contribution is 2.25. The minimum absolute atomic E-state index is 0.396. The number of sulfonamides is 1. The number of amides is 2. The van der Waals surface area contributed by atoms with E-state index >= 15 is 0 Å². The highest BCUT2D eigenvalue weighted by molar-refractivity contribution is 7.90. The lowest BCUT2D eigenvalue weighted by molar-refractivity contribution is 0.0438. The predicted molar refractivity (Wildman–Crippen MR) is 107 cm³/mol. The molecule has 2 amide bonds. The van der Waals surface area contributed by atoms with E-state index in [1.807, 2.05) is 0 Å². The Balaban J connectivity index is 2.34. The Hall–Kier alpha value is -2.09. The maximum atomic E-state index is 12.8. The minimum Gasteiger partial charge on any atom is -0.384 e. The number of carbonyl (C=O) groups excluding carboxylic acids is 1. The summed E-state index contributed by atoms with van der Waals surface area (Å²) in [6.45, 7) is 4.02. The zero-order valence-corrected chi connectivity index (χ0v) is 17.0. The molecule has 0 aliphatic heterocycles. The van der Waals surface area contributed by atoms with E-state index in [0.717, 1.165) is 0 Å². The van der Waals surface area contributed by atoms with Gasteiger partial charge in [0, 0.05) is 10.7 Å². The maximum Gasteiger partial charge on any atom is 0.335 e. The molecule has 27 heavy (non-hydrogen) atoms. The monoisotopic (exact) mass is 410 g/mol. The van der Waals surface area contributed by atoms with Gasteiger partial charge in [-0.1, -0.05) is 41.9 Å². The second-order valence-electron chi connectivity index (χ2n) is 6.68. The molecule has 0 heterocycles. The van der Waals surface area contributed by atoms with Crippen molar-refractivity contribution in [3.63, 3.8) is 0 Å². The summed E-state index contributed by atoms with van der Waals surface area (Å²) < 4.78 is 26.2. The van der Waals surface area contributed by atoms with E-state index in [0.29, 0.717) is 20.6 Å². The van der Waals surface area contributed by atoms with Crippen molar-refractivity contribution in [1.82, 2.24) is 4.31 Å². The van der Waals surface area contributed by atoms with E-state index < -0.39 is 33.5 Å². The molecule has 146 valence electrons. The van der Waals surface area contributed by atoms with Crippen molar-refractivity contribution in [1.29, 1.82) is 0 Å². The van der Waals surface area contributed by atoms with Crippen molar-refractivity contribution >= 4 is 33.3 Å². The van der Waals surface area contributed by atoms with Crippen molar-refractivity contribution in [2.75, 3.05) is 11.9 Å². The minimum atomic E-state index is -3.97. The van der Waals surface area contributed by atoms with Gasteiger partial charge in [-0.15, -0.1) is 0 Å². The largest absolute Gasteiger partial charge is 0.384 e. The summed E-state index contributed by atoms with van der Waals surface area (Å²) in [5.41, 5.74) is -0.651. The van der Waals surface area contributed by atoms with E-state index in [-0.39, 0.29) is 0 Å². The quantitative estimate of drug-likeness (QED) is 0.757. The summed E-state index contributed by atoms with van der Waals surface area (Å²) in [5, 5.41) is 13.1. The molecule has 0 radical (unpaired) electrons. The van der Waals surface area contributed by atoms with Crippen LogP contribution in [0.25, 0.3) is 0 Å². The zero-order chi connectivity index (χ0) is 20.2. The molecule has 2 aromatic rings. The topological polar surface area (TPSA) is 86.7 Å². The standard InChI is InChI=1S/C19H23ClN2O4S/c1-14(2)27(25,26)22(13-19(3,24)15-7-5-4-6-8-15)18(23)21-17-11-9-16(20)10-12-17/h4-12,14,24H,13H2,1-3H3,(H,21,23). The third-order valence-electron chi connectivity index (χ3n) is 4.07. The van der Waals surface area contributed by atoms with E-state index in [4.69, 9.17) is 11.6 Å². The highest BCUT2D eigenvalue weighted by atomic mass is 35.5. The van der Waals surface area contributed by atoms with Gasteiger partial charge in [-0.2, -0.15) is 0 Å².